The molecule has 0 radical (unpaired) electrons. The Bertz CT molecular complexity index is 360. The van der Waals surface area contributed by atoms with Gasteiger partial charge in [-0.05, 0) is 24.3 Å². The second-order valence-electron chi connectivity index (χ2n) is 3.41. The minimum absolute atomic E-state index is 0.238. The van der Waals surface area contributed by atoms with Crippen LogP contribution in [0, 0.1) is 10.1 Å². The molecule has 1 fully saturated rings. The topological polar surface area (TPSA) is 64.8 Å². The molecule has 0 amide bonds. The summed E-state index contributed by atoms with van der Waals surface area (Å²) < 4.78 is 5.24. The highest BCUT2D eigenvalue weighted by Gasteiger charge is 2.11. The number of morpholine rings is 1. The quantitative estimate of drug-likeness (QED) is 0.568. The number of ether oxygens (including phenoxy) is 1. The Morgan fingerprint density at radius 1 is 1.25 bits per heavy atom. The van der Waals surface area contributed by atoms with E-state index in [1.54, 1.807) is 12.1 Å². The highest BCUT2D eigenvalue weighted by atomic mass is 17.0. The molecule has 1 saturated heterocycles. The predicted octanol–water partition coefficient (Wildman–Crippen LogP) is 1.09. The minimum Gasteiger partial charge on any atom is -0.378 e. The fourth-order valence-electron chi connectivity index (χ4n) is 1.63. The molecule has 0 aliphatic carbocycles. The smallest absolute Gasteiger partial charge is 0.299 e. The zero-order chi connectivity index (χ0) is 11.4. The lowest BCUT2D eigenvalue weighted by Crippen LogP contribution is -2.36. The SMILES string of the molecule is O=[N+]([O-])Oc1ccc(N2CCOCC2)cc1. The standard InChI is InChI=1S/C10H12N2O4/c13-12(14)16-10-3-1-9(2-4-10)11-5-7-15-8-6-11/h1-4H,5-8H2. The van der Waals surface area contributed by atoms with Gasteiger partial charge in [0, 0.05) is 18.8 Å². The van der Waals surface area contributed by atoms with Gasteiger partial charge in [0.1, 0.15) is 5.75 Å². The van der Waals surface area contributed by atoms with E-state index in [1.807, 2.05) is 12.1 Å². The Hall–Kier alpha value is -1.82. The van der Waals surface area contributed by atoms with Crippen molar-refractivity contribution < 1.29 is 14.7 Å². The van der Waals surface area contributed by atoms with Crippen LogP contribution >= 0.6 is 0 Å². The van der Waals surface area contributed by atoms with Gasteiger partial charge in [0.15, 0.2) is 0 Å². The Balaban J connectivity index is 2.03. The summed E-state index contributed by atoms with van der Waals surface area (Å²) in [6.45, 7) is 3.12. The second kappa shape index (κ2) is 4.80. The van der Waals surface area contributed by atoms with Gasteiger partial charge in [0.05, 0.1) is 13.2 Å². The molecule has 0 aromatic heterocycles. The van der Waals surface area contributed by atoms with Crippen molar-refractivity contribution in [2.75, 3.05) is 31.2 Å². The number of rotatable bonds is 3. The minimum atomic E-state index is -0.816. The second-order valence-corrected chi connectivity index (χ2v) is 3.41. The van der Waals surface area contributed by atoms with Crippen LogP contribution in [0.25, 0.3) is 0 Å². The third-order valence-corrected chi connectivity index (χ3v) is 2.39. The molecule has 6 nitrogen and oxygen atoms in total. The summed E-state index contributed by atoms with van der Waals surface area (Å²) in [5.41, 5.74) is 1.03. The van der Waals surface area contributed by atoms with E-state index in [0.29, 0.717) is 13.2 Å². The van der Waals surface area contributed by atoms with Gasteiger partial charge in [-0.25, -0.2) is 0 Å². The van der Waals surface area contributed by atoms with Gasteiger partial charge in [-0.2, -0.15) is 0 Å². The van der Waals surface area contributed by atoms with Crippen LogP contribution in [-0.4, -0.2) is 31.4 Å². The Morgan fingerprint density at radius 2 is 1.88 bits per heavy atom. The molecular weight excluding hydrogens is 212 g/mol. The van der Waals surface area contributed by atoms with Crippen molar-refractivity contribution in [1.29, 1.82) is 0 Å². The average Bonchev–Trinajstić information content (AvgIpc) is 2.30. The van der Waals surface area contributed by atoms with E-state index in [4.69, 9.17) is 4.74 Å². The lowest BCUT2D eigenvalue weighted by Gasteiger charge is -2.28. The largest absolute Gasteiger partial charge is 0.378 e. The summed E-state index contributed by atoms with van der Waals surface area (Å²) >= 11 is 0. The summed E-state index contributed by atoms with van der Waals surface area (Å²) in [5.74, 6) is 0.238. The van der Waals surface area contributed by atoms with E-state index in [2.05, 4.69) is 9.74 Å². The van der Waals surface area contributed by atoms with Crippen molar-refractivity contribution in [1.82, 2.24) is 0 Å². The van der Waals surface area contributed by atoms with E-state index in [1.165, 1.54) is 0 Å². The molecule has 0 spiro atoms. The van der Waals surface area contributed by atoms with Crippen LogP contribution < -0.4 is 9.74 Å². The van der Waals surface area contributed by atoms with Crippen molar-refractivity contribution >= 4 is 5.69 Å². The van der Waals surface area contributed by atoms with E-state index >= 15 is 0 Å². The highest BCUT2D eigenvalue weighted by Crippen LogP contribution is 2.20. The zero-order valence-corrected chi connectivity index (χ0v) is 8.67. The van der Waals surface area contributed by atoms with Crippen LogP contribution in [0.4, 0.5) is 5.69 Å². The number of nitrogens with zero attached hydrogens (tertiary/aromatic N) is 2. The lowest BCUT2D eigenvalue weighted by atomic mass is 10.2. The van der Waals surface area contributed by atoms with Gasteiger partial charge < -0.3 is 9.64 Å². The van der Waals surface area contributed by atoms with Gasteiger partial charge in [-0.1, -0.05) is 0 Å². The van der Waals surface area contributed by atoms with Crippen LogP contribution in [-0.2, 0) is 4.74 Å². The fourth-order valence-corrected chi connectivity index (χ4v) is 1.63. The van der Waals surface area contributed by atoms with Crippen LogP contribution in [0.2, 0.25) is 0 Å². The number of hydrogen-bond acceptors (Lipinski definition) is 5. The summed E-state index contributed by atoms with van der Waals surface area (Å²) in [4.78, 5) is 16.6. The van der Waals surface area contributed by atoms with E-state index in [-0.39, 0.29) is 5.75 Å². The third kappa shape index (κ3) is 2.60. The Labute approximate surface area is 92.5 Å². The van der Waals surface area contributed by atoms with Crippen molar-refractivity contribution in [2.24, 2.45) is 0 Å². The first-order valence-corrected chi connectivity index (χ1v) is 5.01. The first kappa shape index (κ1) is 10.7. The number of hydrogen-bond donors (Lipinski definition) is 0. The molecule has 1 aromatic rings. The van der Waals surface area contributed by atoms with Gasteiger partial charge in [0.2, 0.25) is 0 Å². The maximum atomic E-state index is 10.1. The van der Waals surface area contributed by atoms with Crippen LogP contribution in [0.3, 0.4) is 0 Å². The molecule has 1 aliphatic rings. The van der Waals surface area contributed by atoms with Crippen LogP contribution in [0.15, 0.2) is 24.3 Å². The highest BCUT2D eigenvalue weighted by molar-refractivity contribution is 5.49. The molecule has 0 bridgehead atoms. The molecule has 0 atom stereocenters. The molecule has 1 heterocycles. The molecule has 0 unspecified atom stereocenters. The van der Waals surface area contributed by atoms with E-state index < -0.39 is 5.09 Å². The first-order valence-electron chi connectivity index (χ1n) is 5.01. The zero-order valence-electron chi connectivity index (χ0n) is 8.67. The van der Waals surface area contributed by atoms with Crippen molar-refractivity contribution in [2.45, 2.75) is 0 Å². The third-order valence-electron chi connectivity index (χ3n) is 2.39. The Morgan fingerprint density at radius 3 is 2.44 bits per heavy atom. The maximum absolute atomic E-state index is 10.1. The van der Waals surface area contributed by atoms with E-state index in [9.17, 15) is 10.1 Å². The molecule has 1 aromatic carbocycles. The molecule has 6 heteroatoms. The summed E-state index contributed by atoms with van der Waals surface area (Å²) in [7, 11) is 0. The normalized spacial score (nSPS) is 15.9. The maximum Gasteiger partial charge on any atom is 0.299 e. The lowest BCUT2D eigenvalue weighted by molar-refractivity contribution is -0.711. The van der Waals surface area contributed by atoms with E-state index in [0.717, 1.165) is 18.8 Å². The molecule has 0 saturated carbocycles. The van der Waals surface area contributed by atoms with Gasteiger partial charge in [0.25, 0.3) is 5.09 Å². The molecular formula is C10H12N2O4. The molecule has 1 aliphatic heterocycles. The summed E-state index contributed by atoms with van der Waals surface area (Å²) in [5, 5.41) is 9.30. The van der Waals surface area contributed by atoms with Crippen LogP contribution in [0.5, 0.6) is 5.75 Å². The predicted molar refractivity (Wildman–Crippen MR) is 57.1 cm³/mol. The molecule has 86 valence electrons. The summed E-state index contributed by atoms with van der Waals surface area (Å²) in [6, 6.07) is 6.80. The van der Waals surface area contributed by atoms with Gasteiger partial charge in [-0.3, -0.25) is 4.84 Å². The first-order chi connectivity index (χ1) is 7.75. The van der Waals surface area contributed by atoms with Gasteiger partial charge >= 0.3 is 0 Å². The number of benzene rings is 1. The molecule has 16 heavy (non-hydrogen) atoms. The average molecular weight is 224 g/mol. The Kier molecular flexibility index (Phi) is 3.21. The molecule has 0 N–H and O–H groups in total. The van der Waals surface area contributed by atoms with Crippen molar-refractivity contribution in [3.8, 4) is 5.75 Å². The van der Waals surface area contributed by atoms with Crippen LogP contribution in [0.1, 0.15) is 0 Å². The fraction of sp³-hybridized carbons (Fsp3) is 0.400. The monoisotopic (exact) mass is 224 g/mol. The molecule has 2 rings (SSSR count). The summed E-state index contributed by atoms with van der Waals surface area (Å²) in [6.07, 6.45) is 0. The van der Waals surface area contributed by atoms with Gasteiger partial charge in [-0.15, -0.1) is 10.1 Å². The van der Waals surface area contributed by atoms with Crippen molar-refractivity contribution in [3.05, 3.63) is 34.4 Å². The number of anilines is 1. The van der Waals surface area contributed by atoms with Crippen molar-refractivity contribution in [3.63, 3.8) is 0 Å².